The fraction of sp³-hybridized carbons (Fsp3) is 0.435. The highest BCUT2D eigenvalue weighted by Crippen LogP contribution is 2.38. The molecule has 0 saturated heterocycles. The average Bonchev–Trinajstić information content (AvgIpc) is 2.68. The van der Waals surface area contributed by atoms with E-state index in [0.29, 0.717) is 11.8 Å². The first-order valence-electron chi connectivity index (χ1n) is 10.2. The first-order valence-corrected chi connectivity index (χ1v) is 11.0. The maximum Gasteiger partial charge on any atom is 0.416 e. The van der Waals surface area contributed by atoms with Gasteiger partial charge < -0.3 is 9.47 Å². The quantitative estimate of drug-likeness (QED) is 0.307. The van der Waals surface area contributed by atoms with Crippen LogP contribution in [-0.2, 0) is 22.1 Å². The van der Waals surface area contributed by atoms with Crippen molar-refractivity contribution < 1.29 is 31.8 Å². The van der Waals surface area contributed by atoms with Crippen LogP contribution >= 0.6 is 11.9 Å². The number of rotatable bonds is 6. The minimum atomic E-state index is -4.62. The van der Waals surface area contributed by atoms with Gasteiger partial charge in [0.2, 0.25) is 0 Å². The summed E-state index contributed by atoms with van der Waals surface area (Å²) in [5, 5.41) is 0. The number of carbonyl (C=O) groups is 1. The number of nitrogens with one attached hydrogen (secondary N) is 1. The van der Waals surface area contributed by atoms with Crippen LogP contribution in [0.4, 0.5) is 17.6 Å². The minimum absolute atomic E-state index is 0.141. The maximum absolute atomic E-state index is 13.7. The van der Waals surface area contributed by atoms with Gasteiger partial charge in [0.25, 0.3) is 0 Å². The highest BCUT2D eigenvalue weighted by molar-refractivity contribution is 7.97. The molecule has 1 aliphatic carbocycles. The van der Waals surface area contributed by atoms with E-state index in [2.05, 4.69) is 4.72 Å². The van der Waals surface area contributed by atoms with Gasteiger partial charge in [0.1, 0.15) is 17.2 Å². The second-order valence-electron chi connectivity index (χ2n) is 8.54. The summed E-state index contributed by atoms with van der Waals surface area (Å²) >= 11 is 0.961. The lowest BCUT2D eigenvalue weighted by Crippen LogP contribution is -2.27. The van der Waals surface area contributed by atoms with E-state index in [4.69, 9.17) is 9.47 Å². The number of fused-ring (bicyclic) bond motifs is 1. The van der Waals surface area contributed by atoms with E-state index in [9.17, 15) is 22.4 Å². The Morgan fingerprint density at radius 1 is 1.19 bits per heavy atom. The first kappa shape index (κ1) is 24.4. The van der Waals surface area contributed by atoms with Crippen LogP contribution in [0.3, 0.4) is 0 Å². The van der Waals surface area contributed by atoms with Gasteiger partial charge in [-0.25, -0.2) is 9.18 Å². The average molecular weight is 472 g/mol. The zero-order valence-corrected chi connectivity index (χ0v) is 18.8. The Bertz CT molecular complexity index is 973. The Morgan fingerprint density at radius 3 is 2.62 bits per heavy atom. The minimum Gasteiger partial charge on any atom is -0.482 e. The Morgan fingerprint density at radius 2 is 1.94 bits per heavy atom. The summed E-state index contributed by atoms with van der Waals surface area (Å²) in [5.74, 6) is -0.830. The molecule has 4 nitrogen and oxygen atoms in total. The van der Waals surface area contributed by atoms with Crippen LogP contribution in [0.1, 0.15) is 56.3 Å². The Balaban J connectivity index is 1.70. The summed E-state index contributed by atoms with van der Waals surface area (Å²) in [6.07, 6.45) is -2.28. The van der Waals surface area contributed by atoms with Gasteiger partial charge in [-0.05, 0) is 87.4 Å². The van der Waals surface area contributed by atoms with Gasteiger partial charge in [-0.2, -0.15) is 13.2 Å². The lowest BCUT2D eigenvalue weighted by atomic mass is 9.87. The topological polar surface area (TPSA) is 47.6 Å². The third-order valence-corrected chi connectivity index (χ3v) is 5.62. The predicted molar refractivity (Wildman–Crippen MR) is 114 cm³/mol. The van der Waals surface area contributed by atoms with Crippen molar-refractivity contribution in [1.82, 2.24) is 4.72 Å². The van der Waals surface area contributed by atoms with Crippen molar-refractivity contribution in [2.75, 3.05) is 6.61 Å². The smallest absolute Gasteiger partial charge is 0.416 e. The molecule has 1 N–H and O–H groups in total. The van der Waals surface area contributed by atoms with Gasteiger partial charge >= 0.3 is 12.1 Å². The summed E-state index contributed by atoms with van der Waals surface area (Å²) < 4.78 is 66.7. The third kappa shape index (κ3) is 6.62. The number of carbonyl (C=O) groups excluding carboxylic acids is 1. The van der Waals surface area contributed by atoms with Crippen molar-refractivity contribution in [1.29, 1.82) is 0 Å². The number of hydrogen-bond acceptors (Lipinski definition) is 5. The summed E-state index contributed by atoms with van der Waals surface area (Å²) in [6, 6.07) is 7.81. The van der Waals surface area contributed by atoms with Gasteiger partial charge in [-0.15, -0.1) is 0 Å². The van der Waals surface area contributed by atoms with E-state index < -0.39 is 29.1 Å². The van der Waals surface area contributed by atoms with Crippen molar-refractivity contribution in [2.24, 2.45) is 0 Å². The largest absolute Gasteiger partial charge is 0.482 e. The van der Waals surface area contributed by atoms with Crippen molar-refractivity contribution in [3.8, 4) is 5.75 Å². The second kappa shape index (κ2) is 9.70. The summed E-state index contributed by atoms with van der Waals surface area (Å²) in [6.45, 7) is 5.11. The molecule has 0 heterocycles. The molecule has 0 spiro atoms. The van der Waals surface area contributed by atoms with Crippen LogP contribution in [-0.4, -0.2) is 18.2 Å². The number of ether oxygens (including phenoxy) is 2. The van der Waals surface area contributed by atoms with Crippen LogP contribution in [0.15, 0.2) is 41.3 Å². The Kier molecular flexibility index (Phi) is 7.39. The zero-order valence-electron chi connectivity index (χ0n) is 18.0. The number of benzene rings is 2. The fourth-order valence-electron chi connectivity index (χ4n) is 3.50. The molecule has 32 heavy (non-hydrogen) atoms. The van der Waals surface area contributed by atoms with Crippen molar-refractivity contribution in [2.45, 2.75) is 62.7 Å². The van der Waals surface area contributed by atoms with Crippen molar-refractivity contribution >= 4 is 17.9 Å². The Labute approximate surface area is 188 Å². The van der Waals surface area contributed by atoms with Gasteiger partial charge in [-0.3, -0.25) is 4.72 Å². The zero-order chi connectivity index (χ0) is 23.5. The standard InChI is InChI=1S/C23H25F4NO3S/c1-22(2,3)31-21(29)13-30-20-9-5-6-17-18(20)7-4-8-19(17)28-32-16-11-14(23(25,26)27)10-15(24)12-16/h5-6,9-12,19,28H,4,7-8,13H2,1-3H3. The monoisotopic (exact) mass is 471 g/mol. The number of esters is 1. The molecule has 0 bridgehead atoms. The summed E-state index contributed by atoms with van der Waals surface area (Å²) in [5.41, 5.74) is 0.253. The van der Waals surface area contributed by atoms with E-state index in [0.717, 1.165) is 54.5 Å². The molecule has 0 radical (unpaired) electrons. The predicted octanol–water partition coefficient (Wildman–Crippen LogP) is 6.24. The molecule has 1 atom stereocenters. The van der Waals surface area contributed by atoms with Crippen molar-refractivity contribution in [3.63, 3.8) is 0 Å². The molecule has 1 unspecified atom stereocenters. The number of hydrogen-bond donors (Lipinski definition) is 1. The van der Waals surface area contributed by atoms with Crippen LogP contribution in [0.25, 0.3) is 0 Å². The second-order valence-corrected chi connectivity index (χ2v) is 9.45. The van der Waals surface area contributed by atoms with E-state index in [-0.39, 0.29) is 17.5 Å². The van der Waals surface area contributed by atoms with Crippen LogP contribution in [0.5, 0.6) is 5.75 Å². The molecule has 0 aliphatic heterocycles. The molecule has 0 fully saturated rings. The van der Waals surface area contributed by atoms with E-state index in [1.54, 1.807) is 32.9 Å². The molecule has 2 aromatic rings. The third-order valence-electron chi connectivity index (χ3n) is 4.75. The number of halogens is 4. The van der Waals surface area contributed by atoms with Crippen LogP contribution in [0, 0.1) is 5.82 Å². The highest BCUT2D eigenvalue weighted by Gasteiger charge is 2.31. The van der Waals surface area contributed by atoms with Gasteiger partial charge in [-0.1, -0.05) is 12.1 Å². The number of alkyl halides is 3. The van der Waals surface area contributed by atoms with Gasteiger partial charge in [0.05, 0.1) is 5.56 Å². The molecule has 0 aromatic heterocycles. The van der Waals surface area contributed by atoms with Gasteiger partial charge in [0.15, 0.2) is 6.61 Å². The Hall–Kier alpha value is -2.26. The summed E-state index contributed by atoms with van der Waals surface area (Å²) in [7, 11) is 0. The molecule has 0 amide bonds. The molecular weight excluding hydrogens is 446 g/mol. The molecule has 3 rings (SSSR count). The van der Waals surface area contributed by atoms with Gasteiger partial charge in [0, 0.05) is 10.9 Å². The van der Waals surface area contributed by atoms with Crippen molar-refractivity contribution in [3.05, 3.63) is 58.9 Å². The SMILES string of the molecule is CC(C)(C)OC(=O)COc1cccc2c1CCCC2NSc1cc(F)cc(C(F)(F)F)c1. The summed E-state index contributed by atoms with van der Waals surface area (Å²) in [4.78, 5) is 12.1. The molecule has 9 heteroatoms. The molecule has 0 saturated carbocycles. The van der Waals surface area contributed by atoms with E-state index in [1.165, 1.54) is 0 Å². The lowest BCUT2D eigenvalue weighted by molar-refractivity contribution is -0.157. The normalized spacial score (nSPS) is 16.4. The van der Waals surface area contributed by atoms with Crippen LogP contribution in [0.2, 0.25) is 0 Å². The van der Waals surface area contributed by atoms with Crippen LogP contribution < -0.4 is 9.46 Å². The highest BCUT2D eigenvalue weighted by atomic mass is 32.2. The lowest BCUT2D eigenvalue weighted by Gasteiger charge is -2.28. The molecule has 1 aliphatic rings. The van der Waals surface area contributed by atoms with E-state index >= 15 is 0 Å². The fourth-order valence-corrected chi connectivity index (χ4v) is 4.39. The van der Waals surface area contributed by atoms with E-state index in [1.807, 2.05) is 6.07 Å². The first-order chi connectivity index (χ1) is 14.9. The molecular formula is C23H25F4NO3S. The molecule has 2 aromatic carbocycles. The maximum atomic E-state index is 13.7. The molecule has 174 valence electrons.